The van der Waals surface area contributed by atoms with Crippen LogP contribution in [0, 0.1) is 0 Å². The summed E-state index contributed by atoms with van der Waals surface area (Å²) in [6.07, 6.45) is 4.08. The first-order valence-corrected chi connectivity index (χ1v) is 8.61. The summed E-state index contributed by atoms with van der Waals surface area (Å²) < 4.78 is 24.3. The molecule has 5 heteroatoms. The molecule has 2 N–H and O–H groups in total. The van der Waals surface area contributed by atoms with Crippen LogP contribution in [-0.4, -0.2) is 24.4 Å². The first-order valence-electron chi connectivity index (χ1n) is 6.90. The molecule has 0 amide bonds. The number of benzene rings is 1. The maximum absolute atomic E-state index is 12.2. The third kappa shape index (κ3) is 2.43. The second kappa shape index (κ2) is 5.14. The Bertz CT molecular complexity index is 727. The number of hydrogen-bond donors (Lipinski definition) is 1. The number of aromatic nitrogens is 1. The highest BCUT2D eigenvalue weighted by Gasteiger charge is 2.34. The summed E-state index contributed by atoms with van der Waals surface area (Å²) in [6.45, 7) is 0. The van der Waals surface area contributed by atoms with Gasteiger partial charge in [0.2, 0.25) is 0 Å². The van der Waals surface area contributed by atoms with Crippen LogP contribution in [0.15, 0.2) is 36.5 Å². The van der Waals surface area contributed by atoms with Gasteiger partial charge in [-0.2, -0.15) is 0 Å². The monoisotopic (exact) mass is 290 g/mol. The van der Waals surface area contributed by atoms with Gasteiger partial charge in [-0.1, -0.05) is 24.6 Å². The van der Waals surface area contributed by atoms with Crippen LogP contribution in [-0.2, 0) is 9.84 Å². The van der Waals surface area contributed by atoms with E-state index in [1.807, 2.05) is 30.3 Å². The van der Waals surface area contributed by atoms with Gasteiger partial charge in [0.15, 0.2) is 9.84 Å². The number of nitrogens with two attached hydrogens (primary N) is 1. The fourth-order valence-corrected chi connectivity index (χ4v) is 4.93. The molecule has 1 aliphatic heterocycles. The van der Waals surface area contributed by atoms with Gasteiger partial charge in [-0.15, -0.1) is 0 Å². The van der Waals surface area contributed by atoms with Crippen molar-refractivity contribution in [1.29, 1.82) is 0 Å². The molecule has 2 atom stereocenters. The second-order valence-corrected chi connectivity index (χ2v) is 7.72. The zero-order valence-corrected chi connectivity index (χ0v) is 12.0. The maximum atomic E-state index is 12.2. The van der Waals surface area contributed by atoms with Crippen molar-refractivity contribution in [2.75, 3.05) is 5.75 Å². The Labute approximate surface area is 118 Å². The van der Waals surface area contributed by atoms with Crippen molar-refractivity contribution < 1.29 is 8.42 Å². The molecule has 0 aliphatic carbocycles. The highest BCUT2D eigenvalue weighted by molar-refractivity contribution is 7.92. The number of sulfone groups is 1. The Hall–Kier alpha value is -1.46. The number of pyridine rings is 1. The van der Waals surface area contributed by atoms with Crippen molar-refractivity contribution in [1.82, 2.24) is 4.98 Å². The third-order valence-electron chi connectivity index (χ3n) is 4.04. The van der Waals surface area contributed by atoms with Crippen LogP contribution in [0.3, 0.4) is 0 Å². The summed E-state index contributed by atoms with van der Waals surface area (Å²) in [5.74, 6) is 0.261. The van der Waals surface area contributed by atoms with Gasteiger partial charge in [0.25, 0.3) is 0 Å². The molecule has 0 radical (unpaired) electrons. The molecule has 1 aliphatic rings. The lowest BCUT2D eigenvalue weighted by molar-refractivity contribution is 0.505. The number of fused-ring (bicyclic) bond motifs is 1. The van der Waals surface area contributed by atoms with Crippen molar-refractivity contribution in [2.45, 2.75) is 30.6 Å². The van der Waals surface area contributed by atoms with Gasteiger partial charge in [-0.05, 0) is 30.5 Å². The first kappa shape index (κ1) is 13.5. The van der Waals surface area contributed by atoms with Crippen LogP contribution in [0.2, 0.25) is 0 Å². The molecule has 106 valence electrons. The molecule has 0 saturated carbocycles. The van der Waals surface area contributed by atoms with E-state index in [0.29, 0.717) is 6.42 Å². The van der Waals surface area contributed by atoms with E-state index in [4.69, 9.17) is 5.73 Å². The molecular weight excluding hydrogens is 272 g/mol. The Morgan fingerprint density at radius 2 is 2.10 bits per heavy atom. The molecule has 0 spiro atoms. The average molecular weight is 290 g/mol. The quantitative estimate of drug-likeness (QED) is 0.920. The molecule has 2 unspecified atom stereocenters. The average Bonchev–Trinajstić information content (AvgIpc) is 2.45. The standard InChI is InChI=1S/C15H18N2O2S/c16-15(14-5-1-2-9-20(14,18)19)12-7-6-11-4-3-8-17-13(11)10-12/h3-4,6-8,10,14-15H,1-2,5,9,16H2. The van der Waals surface area contributed by atoms with Gasteiger partial charge >= 0.3 is 0 Å². The molecule has 3 rings (SSSR count). The Kier molecular flexibility index (Phi) is 3.48. The lowest BCUT2D eigenvalue weighted by Crippen LogP contribution is -2.37. The molecule has 2 heterocycles. The van der Waals surface area contributed by atoms with E-state index in [1.54, 1.807) is 6.20 Å². The molecule has 2 aromatic rings. The SMILES string of the molecule is NC(c1ccc2cccnc2c1)C1CCCCS1(=O)=O. The van der Waals surface area contributed by atoms with Gasteiger partial charge in [0, 0.05) is 17.6 Å². The number of nitrogens with zero attached hydrogens (tertiary/aromatic N) is 1. The van der Waals surface area contributed by atoms with Gasteiger partial charge in [0.1, 0.15) is 0 Å². The van der Waals surface area contributed by atoms with Crippen molar-refractivity contribution >= 4 is 20.7 Å². The molecular formula is C15H18N2O2S. The summed E-state index contributed by atoms with van der Waals surface area (Å²) in [5, 5.41) is 0.576. The highest BCUT2D eigenvalue weighted by atomic mass is 32.2. The van der Waals surface area contributed by atoms with E-state index in [9.17, 15) is 8.42 Å². The molecule has 1 fully saturated rings. The minimum Gasteiger partial charge on any atom is -0.323 e. The predicted octanol–water partition coefficient (Wildman–Crippen LogP) is 2.20. The Morgan fingerprint density at radius 1 is 1.25 bits per heavy atom. The van der Waals surface area contributed by atoms with Crippen LogP contribution in [0.25, 0.3) is 10.9 Å². The van der Waals surface area contributed by atoms with Crippen LogP contribution in [0.1, 0.15) is 30.9 Å². The van der Waals surface area contributed by atoms with E-state index in [0.717, 1.165) is 29.3 Å². The van der Waals surface area contributed by atoms with Gasteiger partial charge < -0.3 is 5.73 Å². The van der Waals surface area contributed by atoms with E-state index < -0.39 is 21.1 Å². The molecule has 4 nitrogen and oxygen atoms in total. The Morgan fingerprint density at radius 3 is 2.90 bits per heavy atom. The Balaban J connectivity index is 1.97. The lowest BCUT2D eigenvalue weighted by atomic mass is 9.99. The van der Waals surface area contributed by atoms with Crippen molar-refractivity contribution in [3.63, 3.8) is 0 Å². The maximum Gasteiger partial charge on any atom is 0.155 e. The fourth-order valence-electron chi connectivity index (χ4n) is 2.89. The smallest absolute Gasteiger partial charge is 0.155 e. The van der Waals surface area contributed by atoms with Crippen LogP contribution < -0.4 is 5.73 Å². The zero-order valence-electron chi connectivity index (χ0n) is 11.2. The van der Waals surface area contributed by atoms with E-state index in [-0.39, 0.29) is 5.75 Å². The summed E-state index contributed by atoms with van der Waals surface area (Å²) in [4.78, 5) is 4.30. The molecule has 1 saturated heterocycles. The van der Waals surface area contributed by atoms with Crippen molar-refractivity contribution in [3.05, 3.63) is 42.1 Å². The molecule has 20 heavy (non-hydrogen) atoms. The minimum atomic E-state index is -3.07. The molecule has 1 aromatic heterocycles. The summed E-state index contributed by atoms with van der Waals surface area (Å²) >= 11 is 0. The second-order valence-electron chi connectivity index (χ2n) is 5.38. The molecule has 0 bridgehead atoms. The van der Waals surface area contributed by atoms with Crippen molar-refractivity contribution in [3.8, 4) is 0 Å². The lowest BCUT2D eigenvalue weighted by Gasteiger charge is -2.27. The summed E-state index contributed by atoms with van der Waals surface area (Å²) in [7, 11) is -3.07. The fraction of sp³-hybridized carbons (Fsp3) is 0.400. The summed E-state index contributed by atoms with van der Waals surface area (Å²) in [6, 6.07) is 9.17. The first-order chi connectivity index (χ1) is 9.58. The summed E-state index contributed by atoms with van der Waals surface area (Å²) in [5.41, 5.74) is 7.94. The zero-order chi connectivity index (χ0) is 14.2. The van der Waals surface area contributed by atoms with E-state index in [2.05, 4.69) is 4.98 Å². The van der Waals surface area contributed by atoms with E-state index in [1.165, 1.54) is 0 Å². The van der Waals surface area contributed by atoms with Crippen molar-refractivity contribution in [2.24, 2.45) is 5.73 Å². The minimum absolute atomic E-state index is 0.261. The van der Waals surface area contributed by atoms with Crippen LogP contribution in [0.4, 0.5) is 0 Å². The van der Waals surface area contributed by atoms with E-state index >= 15 is 0 Å². The topological polar surface area (TPSA) is 73.0 Å². The normalized spacial score (nSPS) is 23.6. The van der Waals surface area contributed by atoms with Gasteiger partial charge in [-0.25, -0.2) is 8.42 Å². The van der Waals surface area contributed by atoms with Gasteiger partial charge in [0.05, 0.1) is 16.5 Å². The number of hydrogen-bond acceptors (Lipinski definition) is 4. The largest absolute Gasteiger partial charge is 0.323 e. The van der Waals surface area contributed by atoms with Crippen LogP contribution in [0.5, 0.6) is 0 Å². The highest BCUT2D eigenvalue weighted by Crippen LogP contribution is 2.30. The van der Waals surface area contributed by atoms with Crippen LogP contribution >= 0.6 is 0 Å². The molecule has 1 aromatic carbocycles. The van der Waals surface area contributed by atoms with Gasteiger partial charge in [-0.3, -0.25) is 4.98 Å². The third-order valence-corrected chi connectivity index (χ3v) is 6.35. The number of rotatable bonds is 2. The predicted molar refractivity (Wildman–Crippen MR) is 80.1 cm³/mol.